The van der Waals surface area contributed by atoms with Crippen molar-refractivity contribution >= 4 is 16.3 Å². The lowest BCUT2D eigenvalue weighted by Gasteiger charge is -2.41. The van der Waals surface area contributed by atoms with Crippen molar-refractivity contribution in [2.45, 2.75) is 23.3 Å². The van der Waals surface area contributed by atoms with Gasteiger partial charge in [0.2, 0.25) is 0 Å². The van der Waals surface area contributed by atoms with Gasteiger partial charge in [-0.05, 0) is 24.3 Å². The summed E-state index contributed by atoms with van der Waals surface area (Å²) >= 11 is 0. The predicted molar refractivity (Wildman–Crippen MR) is 96.5 cm³/mol. The second kappa shape index (κ2) is 6.50. The fraction of sp³-hybridized carbons (Fsp3) is 0.316. The summed E-state index contributed by atoms with van der Waals surface area (Å²) in [6.07, 6.45) is 1.04. The van der Waals surface area contributed by atoms with Gasteiger partial charge in [-0.1, -0.05) is 34.5 Å². The van der Waals surface area contributed by atoms with Crippen molar-refractivity contribution in [2.75, 3.05) is 19.6 Å². The smallest absolute Gasteiger partial charge is 0.255 e. The molecule has 1 atom stereocenters. The number of carbonyl (C=O) groups excluding carboxylic acids is 1. The van der Waals surface area contributed by atoms with E-state index in [1.54, 1.807) is 48.5 Å². The molecule has 2 aromatic rings. The van der Waals surface area contributed by atoms with Crippen molar-refractivity contribution in [1.82, 2.24) is 9.62 Å². The quantitative estimate of drug-likeness (QED) is 0.820. The van der Waals surface area contributed by atoms with Crippen LogP contribution >= 0.6 is 0 Å². The monoisotopic (exact) mass is 372 g/mol. The summed E-state index contributed by atoms with van der Waals surface area (Å²) in [6, 6.07) is 15.6. The maximum absolute atomic E-state index is 12.8. The third kappa shape index (κ3) is 3.02. The van der Waals surface area contributed by atoms with Gasteiger partial charge in [0, 0.05) is 25.9 Å². The number of ether oxygens (including phenoxy) is 1. The summed E-state index contributed by atoms with van der Waals surface area (Å²) < 4.78 is 33.3. The number of para-hydroxylation sites is 1. The second-order valence-electron chi connectivity index (χ2n) is 6.68. The first-order valence-corrected chi connectivity index (χ1v) is 10.1. The Kier molecular flexibility index (Phi) is 4.30. The van der Waals surface area contributed by atoms with Crippen molar-refractivity contribution in [1.29, 1.82) is 0 Å². The molecular weight excluding hydrogens is 352 g/mol. The molecule has 136 valence electrons. The summed E-state index contributed by atoms with van der Waals surface area (Å²) in [5.74, 6) is 0.402. The van der Waals surface area contributed by atoms with Crippen LogP contribution in [0, 0.1) is 0 Å². The Morgan fingerprint density at radius 3 is 2.42 bits per heavy atom. The molecule has 2 aliphatic heterocycles. The Morgan fingerprint density at radius 2 is 1.69 bits per heavy atom. The van der Waals surface area contributed by atoms with E-state index in [2.05, 4.69) is 5.32 Å². The lowest BCUT2D eigenvalue weighted by atomic mass is 9.92. The molecule has 2 aliphatic rings. The second-order valence-corrected chi connectivity index (χ2v) is 8.62. The van der Waals surface area contributed by atoms with E-state index in [0.717, 1.165) is 0 Å². The summed E-state index contributed by atoms with van der Waals surface area (Å²) in [5.41, 5.74) is -0.0611. The number of rotatable bonds is 2. The molecule has 0 radical (unpaired) electrons. The van der Waals surface area contributed by atoms with E-state index in [0.29, 0.717) is 48.7 Å². The Bertz CT molecular complexity index is 863. The molecule has 1 fully saturated rings. The molecule has 0 aromatic heterocycles. The van der Waals surface area contributed by atoms with E-state index in [4.69, 9.17) is 4.74 Å². The van der Waals surface area contributed by atoms with Gasteiger partial charge >= 0.3 is 0 Å². The first-order valence-electron chi connectivity index (χ1n) is 8.62. The predicted octanol–water partition coefficient (Wildman–Crippen LogP) is 2.25. The summed E-state index contributed by atoms with van der Waals surface area (Å²) in [4.78, 5) is 12.5. The fourth-order valence-electron chi connectivity index (χ4n) is 3.50. The maximum atomic E-state index is 12.8. The highest BCUT2D eigenvalue weighted by Crippen LogP contribution is 2.35. The van der Waals surface area contributed by atoms with Crippen LogP contribution in [0.1, 0.15) is 23.2 Å². The Balaban J connectivity index is 1.53. The van der Waals surface area contributed by atoms with E-state index in [-0.39, 0.29) is 5.91 Å². The van der Waals surface area contributed by atoms with Crippen LogP contribution in [0.2, 0.25) is 0 Å². The number of hydrogen-bond acceptors (Lipinski definition) is 4. The first kappa shape index (κ1) is 17.2. The van der Waals surface area contributed by atoms with E-state index in [1.165, 1.54) is 4.31 Å². The minimum atomic E-state index is -3.51. The van der Waals surface area contributed by atoms with Crippen LogP contribution < -0.4 is 10.1 Å². The van der Waals surface area contributed by atoms with Gasteiger partial charge in [-0.25, -0.2) is 0 Å². The summed E-state index contributed by atoms with van der Waals surface area (Å²) in [6.45, 7) is 1.09. The Labute approximate surface area is 153 Å². The Hall–Kier alpha value is -2.22. The van der Waals surface area contributed by atoms with Crippen molar-refractivity contribution < 1.29 is 18.3 Å². The van der Waals surface area contributed by atoms with E-state index in [1.807, 2.05) is 6.07 Å². The molecular formula is C19H20N2O4S. The highest BCUT2D eigenvalue weighted by Gasteiger charge is 2.44. The third-order valence-corrected chi connectivity index (χ3v) is 6.96. The molecule has 0 saturated carbocycles. The molecule has 1 spiro atoms. The van der Waals surface area contributed by atoms with Crippen molar-refractivity contribution in [3.63, 3.8) is 0 Å². The zero-order valence-electron chi connectivity index (χ0n) is 14.2. The highest BCUT2D eigenvalue weighted by molar-refractivity contribution is 7.95. The number of piperidine rings is 1. The standard InChI is InChI=1S/C19H20N2O4S/c22-18-16-8-4-5-9-17(16)25-19(14-20-18)10-12-21(13-11-19)26(23,24)15-6-2-1-3-7-15/h1-9H,10-14H2,(H-,20,22,23,24). The van der Waals surface area contributed by atoms with Gasteiger partial charge in [0.25, 0.3) is 5.91 Å². The van der Waals surface area contributed by atoms with Crippen molar-refractivity contribution in [3.8, 4) is 5.75 Å². The van der Waals surface area contributed by atoms with Crippen LogP contribution in [-0.2, 0) is 14.6 Å². The molecule has 2 aromatic carbocycles. The molecule has 0 bridgehead atoms. The van der Waals surface area contributed by atoms with Crippen molar-refractivity contribution in [3.05, 3.63) is 60.2 Å². The van der Waals surface area contributed by atoms with Gasteiger partial charge in [0.15, 0.2) is 15.3 Å². The molecule has 1 amide bonds. The van der Waals surface area contributed by atoms with Crippen LogP contribution in [0.3, 0.4) is 0 Å². The van der Waals surface area contributed by atoms with Gasteiger partial charge in [0.05, 0.1) is 12.1 Å². The fourth-order valence-corrected chi connectivity index (χ4v) is 4.97. The van der Waals surface area contributed by atoms with Gasteiger partial charge < -0.3 is 14.6 Å². The average molecular weight is 372 g/mol. The molecule has 1 N–H and O–H groups in total. The lowest BCUT2D eigenvalue weighted by Crippen LogP contribution is -2.55. The molecule has 1 saturated heterocycles. The highest BCUT2D eigenvalue weighted by atomic mass is 32.3. The number of nitrogens with zero attached hydrogens (tertiary/aromatic N) is 1. The van der Waals surface area contributed by atoms with Gasteiger partial charge in [0.1, 0.15) is 11.4 Å². The van der Waals surface area contributed by atoms with E-state index >= 15 is 0 Å². The van der Waals surface area contributed by atoms with E-state index < -0.39 is 16.0 Å². The molecule has 6 nitrogen and oxygen atoms in total. The van der Waals surface area contributed by atoms with Gasteiger partial charge in [-0.15, -0.1) is 4.31 Å². The SMILES string of the molecule is O=C1NCC2(CCN([S+](=O)([O-])c3ccccc3)CC2)Oc2ccccc21. The topological polar surface area (TPSA) is 81.7 Å². The first-order chi connectivity index (χ1) is 12.5. The normalized spacial score (nSPS) is 21.8. The van der Waals surface area contributed by atoms with Crippen LogP contribution in [0.15, 0.2) is 59.5 Å². The largest absolute Gasteiger partial charge is 0.593 e. The molecule has 7 heteroatoms. The number of carbonyl (C=O) groups is 1. The minimum absolute atomic E-state index is 0.156. The third-order valence-electron chi connectivity index (χ3n) is 5.04. The number of hydrogen-bond donors (Lipinski definition) is 1. The molecule has 26 heavy (non-hydrogen) atoms. The van der Waals surface area contributed by atoms with Crippen LogP contribution in [0.4, 0.5) is 0 Å². The zero-order chi connectivity index (χ0) is 18.2. The average Bonchev–Trinajstić information content (AvgIpc) is 2.80. The summed E-state index contributed by atoms with van der Waals surface area (Å²) in [5, 5.41) is 2.91. The molecule has 4 rings (SSSR count). The Morgan fingerprint density at radius 1 is 1.04 bits per heavy atom. The number of nitrogens with one attached hydrogen (secondary N) is 1. The van der Waals surface area contributed by atoms with Crippen LogP contribution in [0.5, 0.6) is 5.75 Å². The van der Waals surface area contributed by atoms with Crippen LogP contribution in [-0.4, -0.2) is 40.0 Å². The molecule has 1 unspecified atom stereocenters. The van der Waals surface area contributed by atoms with Crippen LogP contribution in [0.25, 0.3) is 0 Å². The lowest BCUT2D eigenvalue weighted by molar-refractivity contribution is 0.0232. The number of benzene rings is 2. The maximum Gasteiger partial charge on any atom is 0.255 e. The molecule has 0 aliphatic carbocycles. The summed E-state index contributed by atoms with van der Waals surface area (Å²) in [7, 11) is -3.51. The van der Waals surface area contributed by atoms with Gasteiger partial charge in [-0.3, -0.25) is 4.79 Å². The van der Waals surface area contributed by atoms with Crippen molar-refractivity contribution in [2.24, 2.45) is 0 Å². The number of fused-ring (bicyclic) bond motifs is 1. The number of sulfonamides is 1. The number of amides is 1. The molecule has 2 heterocycles. The van der Waals surface area contributed by atoms with Gasteiger partial charge in [-0.2, -0.15) is 0 Å². The minimum Gasteiger partial charge on any atom is -0.593 e. The van der Waals surface area contributed by atoms with E-state index in [9.17, 15) is 13.6 Å². The zero-order valence-corrected chi connectivity index (χ0v) is 15.0.